The Morgan fingerprint density at radius 2 is 1.71 bits per heavy atom. The Kier molecular flexibility index (Phi) is 6.13. The van der Waals surface area contributed by atoms with Gasteiger partial charge in [0.05, 0.1) is 24.9 Å². The van der Waals surface area contributed by atoms with E-state index in [9.17, 15) is 18.3 Å². The van der Waals surface area contributed by atoms with Crippen LogP contribution in [0, 0.1) is 0 Å². The number of methoxy groups -OCH3 is 1. The number of amides is 1. The molecule has 2 fully saturated rings. The number of carbonyl (C=O) groups excluding carboxylic acids is 1. The highest BCUT2D eigenvalue weighted by molar-refractivity contribution is 7.86. The monoisotopic (exact) mass is 413 g/mol. The van der Waals surface area contributed by atoms with E-state index in [0.29, 0.717) is 18.8 Å². The molecule has 0 spiro atoms. The molecule has 156 valence electrons. The molecule has 2 atom stereocenters. The van der Waals surface area contributed by atoms with Crippen LogP contribution in [0.4, 0.5) is 0 Å². The summed E-state index contributed by atoms with van der Waals surface area (Å²) in [6.45, 7) is 5.32. The molecule has 3 rings (SSSR count). The number of hydrogen-bond acceptors (Lipinski definition) is 6. The van der Waals surface area contributed by atoms with Gasteiger partial charge in [0.2, 0.25) is 0 Å². The van der Waals surface area contributed by atoms with Crippen molar-refractivity contribution in [3.63, 3.8) is 0 Å². The van der Waals surface area contributed by atoms with E-state index in [1.807, 2.05) is 13.8 Å². The van der Waals surface area contributed by atoms with Crippen molar-refractivity contribution < 1.29 is 27.8 Å². The van der Waals surface area contributed by atoms with Gasteiger partial charge in [0.25, 0.3) is 16.1 Å². The van der Waals surface area contributed by atoms with Crippen LogP contribution in [0.3, 0.4) is 0 Å². The summed E-state index contributed by atoms with van der Waals surface area (Å²) in [6, 6.07) is 4.50. The lowest BCUT2D eigenvalue weighted by Crippen LogP contribution is -2.57. The molecule has 0 aromatic heterocycles. The molecule has 1 N–H and O–H groups in total. The first kappa shape index (κ1) is 20.8. The van der Waals surface area contributed by atoms with E-state index in [-0.39, 0.29) is 55.6 Å². The van der Waals surface area contributed by atoms with Crippen molar-refractivity contribution in [1.82, 2.24) is 13.5 Å². The standard InChI is InChI=1S/C18H27N3O6S/c1-13-11-21(12-14(2)27-13)28(24,25)20-8-6-19(7-9-20)18(23)16-5-4-15(26-3)10-17(16)22/h4-5,10,13-14,22H,6-9,11-12H2,1-3H3. The van der Waals surface area contributed by atoms with Gasteiger partial charge >= 0.3 is 0 Å². The molecule has 1 aromatic rings. The fourth-order valence-electron chi connectivity index (χ4n) is 3.59. The number of ether oxygens (including phenoxy) is 2. The predicted octanol–water partition coefficient (Wildman–Crippen LogP) is 0.513. The first-order valence-corrected chi connectivity index (χ1v) is 10.7. The summed E-state index contributed by atoms with van der Waals surface area (Å²) in [4.78, 5) is 14.2. The van der Waals surface area contributed by atoms with Gasteiger partial charge in [-0.25, -0.2) is 0 Å². The number of carbonyl (C=O) groups is 1. The minimum atomic E-state index is -3.60. The van der Waals surface area contributed by atoms with E-state index in [0.717, 1.165) is 0 Å². The molecule has 2 saturated heterocycles. The summed E-state index contributed by atoms with van der Waals surface area (Å²) >= 11 is 0. The maximum Gasteiger partial charge on any atom is 0.282 e. The van der Waals surface area contributed by atoms with E-state index >= 15 is 0 Å². The van der Waals surface area contributed by atoms with Crippen LogP contribution < -0.4 is 4.74 Å². The highest BCUT2D eigenvalue weighted by Gasteiger charge is 2.37. The molecule has 0 radical (unpaired) electrons. The molecule has 9 nitrogen and oxygen atoms in total. The molecule has 0 bridgehead atoms. The summed E-state index contributed by atoms with van der Waals surface area (Å²) in [5.74, 6) is -0.0274. The van der Waals surface area contributed by atoms with Crippen LogP contribution in [-0.4, -0.2) is 91.5 Å². The number of nitrogens with zero attached hydrogens (tertiary/aromatic N) is 3. The number of phenols is 1. The fourth-order valence-corrected chi connectivity index (χ4v) is 5.34. The second-order valence-electron chi connectivity index (χ2n) is 7.16. The second-order valence-corrected chi connectivity index (χ2v) is 9.08. The summed E-state index contributed by atoms with van der Waals surface area (Å²) in [6.07, 6.45) is -0.307. The molecule has 0 aliphatic carbocycles. The Labute approximate surface area is 165 Å². The van der Waals surface area contributed by atoms with Crippen LogP contribution in [0.2, 0.25) is 0 Å². The SMILES string of the molecule is COc1ccc(C(=O)N2CCN(S(=O)(=O)N3CC(C)OC(C)C3)CC2)c(O)c1. The van der Waals surface area contributed by atoms with E-state index < -0.39 is 10.2 Å². The van der Waals surface area contributed by atoms with Crippen LogP contribution >= 0.6 is 0 Å². The summed E-state index contributed by atoms with van der Waals surface area (Å²) in [5, 5.41) is 10.1. The van der Waals surface area contributed by atoms with Crippen molar-refractivity contribution in [2.45, 2.75) is 26.1 Å². The van der Waals surface area contributed by atoms with Crippen LogP contribution in [-0.2, 0) is 14.9 Å². The summed E-state index contributed by atoms with van der Waals surface area (Å²) in [5.41, 5.74) is 0.174. The highest BCUT2D eigenvalue weighted by Crippen LogP contribution is 2.25. The fraction of sp³-hybridized carbons (Fsp3) is 0.611. The Balaban J connectivity index is 1.64. The lowest BCUT2D eigenvalue weighted by molar-refractivity contribution is -0.0457. The van der Waals surface area contributed by atoms with Gasteiger partial charge in [-0.15, -0.1) is 0 Å². The molecule has 2 heterocycles. The maximum absolute atomic E-state index is 12.9. The zero-order valence-electron chi connectivity index (χ0n) is 16.4. The van der Waals surface area contributed by atoms with Crippen LogP contribution in [0.15, 0.2) is 18.2 Å². The topological polar surface area (TPSA) is 99.6 Å². The van der Waals surface area contributed by atoms with Crippen molar-refractivity contribution in [3.8, 4) is 11.5 Å². The lowest BCUT2D eigenvalue weighted by Gasteiger charge is -2.40. The van der Waals surface area contributed by atoms with Crippen molar-refractivity contribution in [2.75, 3.05) is 46.4 Å². The van der Waals surface area contributed by atoms with Crippen molar-refractivity contribution >= 4 is 16.1 Å². The quantitative estimate of drug-likeness (QED) is 0.772. The molecule has 1 aromatic carbocycles. The van der Waals surface area contributed by atoms with E-state index in [4.69, 9.17) is 9.47 Å². The number of phenolic OH excluding ortho intramolecular Hbond substituents is 1. The number of rotatable bonds is 4. The molecule has 2 aliphatic rings. The van der Waals surface area contributed by atoms with Gasteiger partial charge in [-0.05, 0) is 26.0 Å². The zero-order chi connectivity index (χ0) is 20.5. The molecular formula is C18H27N3O6S. The normalized spacial score (nSPS) is 24.9. The van der Waals surface area contributed by atoms with Crippen molar-refractivity contribution in [2.24, 2.45) is 0 Å². The molecule has 0 saturated carbocycles. The van der Waals surface area contributed by atoms with Gasteiger partial charge in [-0.1, -0.05) is 0 Å². The molecule has 2 aliphatic heterocycles. The summed E-state index contributed by atoms with van der Waals surface area (Å²) in [7, 11) is -2.12. The third kappa shape index (κ3) is 4.24. The van der Waals surface area contributed by atoms with Gasteiger partial charge in [-0.3, -0.25) is 4.79 Å². The molecule has 28 heavy (non-hydrogen) atoms. The van der Waals surface area contributed by atoms with Crippen molar-refractivity contribution in [3.05, 3.63) is 23.8 Å². The van der Waals surface area contributed by atoms with E-state index in [2.05, 4.69) is 0 Å². The Morgan fingerprint density at radius 1 is 1.11 bits per heavy atom. The molecule has 2 unspecified atom stereocenters. The lowest BCUT2D eigenvalue weighted by atomic mass is 10.1. The third-order valence-corrected chi connectivity index (χ3v) is 6.97. The first-order valence-electron chi connectivity index (χ1n) is 9.29. The average molecular weight is 413 g/mol. The number of hydrogen-bond donors (Lipinski definition) is 1. The Hall–Kier alpha value is -1.88. The van der Waals surface area contributed by atoms with Crippen LogP contribution in [0.5, 0.6) is 11.5 Å². The number of morpholine rings is 1. The molecular weight excluding hydrogens is 386 g/mol. The van der Waals surface area contributed by atoms with E-state index in [1.165, 1.54) is 27.9 Å². The third-order valence-electron chi connectivity index (χ3n) is 5.00. The predicted molar refractivity (Wildman–Crippen MR) is 103 cm³/mol. The highest BCUT2D eigenvalue weighted by atomic mass is 32.2. The van der Waals surface area contributed by atoms with Crippen LogP contribution in [0.25, 0.3) is 0 Å². The maximum atomic E-state index is 12.9. The van der Waals surface area contributed by atoms with Crippen LogP contribution in [0.1, 0.15) is 24.2 Å². The van der Waals surface area contributed by atoms with Crippen molar-refractivity contribution in [1.29, 1.82) is 0 Å². The smallest absolute Gasteiger partial charge is 0.282 e. The average Bonchev–Trinajstić information content (AvgIpc) is 2.66. The summed E-state index contributed by atoms with van der Waals surface area (Å²) < 4.78 is 39.4. The van der Waals surface area contributed by atoms with Gasteiger partial charge in [0.15, 0.2) is 0 Å². The Bertz CT molecular complexity index is 813. The van der Waals surface area contributed by atoms with Gasteiger partial charge in [0.1, 0.15) is 11.5 Å². The Morgan fingerprint density at radius 3 is 2.25 bits per heavy atom. The number of aromatic hydroxyl groups is 1. The van der Waals surface area contributed by atoms with Gasteiger partial charge < -0.3 is 19.5 Å². The molecule has 10 heteroatoms. The number of benzene rings is 1. The van der Waals surface area contributed by atoms with Gasteiger partial charge in [-0.2, -0.15) is 17.0 Å². The van der Waals surface area contributed by atoms with E-state index in [1.54, 1.807) is 11.0 Å². The first-order chi connectivity index (χ1) is 13.2. The van der Waals surface area contributed by atoms with Gasteiger partial charge in [0, 0.05) is 45.3 Å². The molecule has 1 amide bonds. The number of piperazine rings is 1. The largest absolute Gasteiger partial charge is 0.507 e. The minimum Gasteiger partial charge on any atom is -0.507 e. The zero-order valence-corrected chi connectivity index (χ0v) is 17.2. The minimum absolute atomic E-state index is 0.153. The second kappa shape index (κ2) is 8.24.